The lowest BCUT2D eigenvalue weighted by atomic mass is 9.98. The molecule has 1 aliphatic carbocycles. The second-order valence-electron chi connectivity index (χ2n) is 8.14. The van der Waals surface area contributed by atoms with E-state index in [-0.39, 0.29) is 17.8 Å². The molecule has 2 bridgehead atoms. The highest BCUT2D eigenvalue weighted by atomic mass is 19.4. The van der Waals surface area contributed by atoms with Gasteiger partial charge in [-0.25, -0.2) is 0 Å². The lowest BCUT2D eigenvalue weighted by Gasteiger charge is -2.33. The molecule has 0 unspecified atom stereocenters. The maximum atomic E-state index is 12.6. The van der Waals surface area contributed by atoms with Crippen molar-refractivity contribution in [2.45, 2.75) is 38.4 Å². The molecule has 1 N–H and O–H groups in total. The molecule has 4 rings (SSSR count). The number of carbonyl (C=O) groups excluding carboxylic acids is 1. The standard InChI is InChI=1S/C20H23F3N4O2/c1-12(9-27-10-13-2-3-14(8-13)11-27)24-18(28)16-6-4-15(5-7-16)17-25-19(29-26-17)20(21,22)23/h4-7,12-14H,2-3,8-11H2,1H3,(H,24,28)/t12-,13-,14+/m1/s1. The summed E-state index contributed by atoms with van der Waals surface area (Å²) < 4.78 is 41.9. The molecule has 6 nitrogen and oxygen atoms in total. The molecular formula is C20H23F3N4O2. The lowest BCUT2D eigenvalue weighted by Crippen LogP contribution is -2.46. The van der Waals surface area contributed by atoms with Crippen LogP contribution in [0.3, 0.4) is 0 Å². The molecular weight excluding hydrogens is 385 g/mol. The minimum Gasteiger partial charge on any atom is -0.348 e. The van der Waals surface area contributed by atoms with E-state index in [1.165, 1.54) is 31.4 Å². The first kappa shape index (κ1) is 19.9. The summed E-state index contributed by atoms with van der Waals surface area (Å²) in [6.45, 7) is 5.02. The first-order valence-corrected chi connectivity index (χ1v) is 9.82. The fourth-order valence-electron chi connectivity index (χ4n) is 4.43. The molecule has 2 fully saturated rings. The van der Waals surface area contributed by atoms with Crippen LogP contribution in [0.2, 0.25) is 0 Å². The Bertz CT molecular complexity index is 853. The Labute approximate surface area is 166 Å². The molecule has 9 heteroatoms. The number of nitrogens with zero attached hydrogens (tertiary/aromatic N) is 3. The third-order valence-corrected chi connectivity index (χ3v) is 5.67. The molecule has 1 amide bonds. The van der Waals surface area contributed by atoms with Crippen molar-refractivity contribution >= 4 is 5.91 Å². The molecule has 1 aromatic carbocycles. The molecule has 156 valence electrons. The zero-order chi connectivity index (χ0) is 20.6. The van der Waals surface area contributed by atoms with Gasteiger partial charge in [0, 0.05) is 36.8 Å². The number of hydrogen-bond acceptors (Lipinski definition) is 5. The molecule has 1 aromatic heterocycles. The van der Waals surface area contributed by atoms with Gasteiger partial charge in [-0.2, -0.15) is 18.2 Å². The average molecular weight is 408 g/mol. The summed E-state index contributed by atoms with van der Waals surface area (Å²) in [5.41, 5.74) is 0.775. The van der Waals surface area contributed by atoms with Crippen LogP contribution in [0.4, 0.5) is 13.2 Å². The van der Waals surface area contributed by atoms with Crippen molar-refractivity contribution in [3.8, 4) is 11.4 Å². The number of piperidine rings is 1. The van der Waals surface area contributed by atoms with Gasteiger partial charge in [0.1, 0.15) is 0 Å². The molecule has 2 aliphatic rings. The summed E-state index contributed by atoms with van der Waals surface area (Å²) in [6, 6.07) is 6.11. The van der Waals surface area contributed by atoms with Crippen LogP contribution in [-0.2, 0) is 6.18 Å². The quantitative estimate of drug-likeness (QED) is 0.819. The zero-order valence-electron chi connectivity index (χ0n) is 16.1. The fourth-order valence-corrected chi connectivity index (χ4v) is 4.43. The van der Waals surface area contributed by atoms with Crippen molar-refractivity contribution < 1.29 is 22.5 Å². The van der Waals surface area contributed by atoms with Gasteiger partial charge < -0.3 is 14.7 Å². The van der Waals surface area contributed by atoms with Gasteiger partial charge in [-0.3, -0.25) is 4.79 Å². The number of likely N-dealkylation sites (tertiary alicyclic amines) is 1. The van der Waals surface area contributed by atoms with Crippen molar-refractivity contribution in [1.29, 1.82) is 0 Å². The topological polar surface area (TPSA) is 71.3 Å². The number of hydrogen-bond donors (Lipinski definition) is 1. The first-order valence-electron chi connectivity index (χ1n) is 9.82. The summed E-state index contributed by atoms with van der Waals surface area (Å²) in [4.78, 5) is 18.3. The van der Waals surface area contributed by atoms with Gasteiger partial charge in [0.2, 0.25) is 5.82 Å². The van der Waals surface area contributed by atoms with Gasteiger partial charge in [0.25, 0.3) is 5.91 Å². The Morgan fingerprint density at radius 1 is 1.24 bits per heavy atom. The Morgan fingerprint density at radius 3 is 2.48 bits per heavy atom. The van der Waals surface area contributed by atoms with E-state index in [4.69, 9.17) is 0 Å². The van der Waals surface area contributed by atoms with Crippen LogP contribution in [0.25, 0.3) is 11.4 Å². The minimum absolute atomic E-state index is 0.00577. The highest BCUT2D eigenvalue weighted by Crippen LogP contribution is 2.36. The summed E-state index contributed by atoms with van der Waals surface area (Å²) in [5.74, 6) is -0.181. The van der Waals surface area contributed by atoms with Crippen LogP contribution in [0.1, 0.15) is 42.4 Å². The number of rotatable bonds is 5. The van der Waals surface area contributed by atoms with Crippen molar-refractivity contribution in [1.82, 2.24) is 20.4 Å². The van der Waals surface area contributed by atoms with E-state index in [2.05, 4.69) is 24.9 Å². The third kappa shape index (κ3) is 4.60. The largest absolute Gasteiger partial charge is 0.471 e. The molecule has 1 aliphatic heterocycles. The van der Waals surface area contributed by atoms with Crippen molar-refractivity contribution in [3.05, 3.63) is 35.7 Å². The summed E-state index contributed by atoms with van der Waals surface area (Å²) in [6.07, 6.45) is -0.707. The van der Waals surface area contributed by atoms with Gasteiger partial charge in [-0.15, -0.1) is 0 Å². The van der Waals surface area contributed by atoms with Crippen LogP contribution in [0.5, 0.6) is 0 Å². The number of aromatic nitrogens is 2. The van der Waals surface area contributed by atoms with E-state index in [1.807, 2.05) is 6.92 Å². The Balaban J connectivity index is 1.33. The van der Waals surface area contributed by atoms with Crippen molar-refractivity contribution in [2.24, 2.45) is 11.8 Å². The molecule has 0 radical (unpaired) electrons. The lowest BCUT2D eigenvalue weighted by molar-refractivity contribution is -0.159. The third-order valence-electron chi connectivity index (χ3n) is 5.67. The molecule has 1 saturated heterocycles. The molecule has 29 heavy (non-hydrogen) atoms. The van der Waals surface area contributed by atoms with Crippen LogP contribution < -0.4 is 5.32 Å². The van der Waals surface area contributed by atoms with E-state index < -0.39 is 12.1 Å². The highest BCUT2D eigenvalue weighted by molar-refractivity contribution is 5.94. The Morgan fingerprint density at radius 2 is 1.90 bits per heavy atom. The number of halogens is 3. The van der Waals surface area contributed by atoms with E-state index in [9.17, 15) is 18.0 Å². The first-order chi connectivity index (χ1) is 13.8. The Kier molecular flexibility index (Phi) is 5.33. The maximum Gasteiger partial charge on any atom is 0.471 e. The fraction of sp³-hybridized carbons (Fsp3) is 0.550. The van der Waals surface area contributed by atoms with Crippen molar-refractivity contribution in [3.63, 3.8) is 0 Å². The molecule has 3 atom stereocenters. The minimum atomic E-state index is -4.69. The molecule has 0 spiro atoms. The number of alkyl halides is 3. The predicted molar refractivity (Wildman–Crippen MR) is 98.9 cm³/mol. The number of carbonyl (C=O) groups is 1. The Hall–Kier alpha value is -2.42. The van der Waals surface area contributed by atoms with Crippen LogP contribution >= 0.6 is 0 Å². The second-order valence-corrected chi connectivity index (χ2v) is 8.14. The van der Waals surface area contributed by atoms with Gasteiger partial charge in [-0.1, -0.05) is 17.3 Å². The van der Waals surface area contributed by atoms with E-state index in [0.717, 1.165) is 31.5 Å². The van der Waals surface area contributed by atoms with Crippen molar-refractivity contribution in [2.75, 3.05) is 19.6 Å². The van der Waals surface area contributed by atoms with Gasteiger partial charge >= 0.3 is 12.1 Å². The van der Waals surface area contributed by atoms with E-state index in [0.29, 0.717) is 11.1 Å². The summed E-state index contributed by atoms with van der Waals surface area (Å²) in [7, 11) is 0. The SMILES string of the molecule is C[C@H](CN1C[C@@H]2CC[C@@H](C2)C1)NC(=O)c1ccc(-c2noc(C(F)(F)F)n2)cc1. The van der Waals surface area contributed by atoms with Gasteiger partial charge in [-0.05, 0) is 50.2 Å². The molecule has 1 saturated carbocycles. The predicted octanol–water partition coefficient (Wildman–Crippen LogP) is 3.61. The van der Waals surface area contributed by atoms with E-state index in [1.54, 1.807) is 12.1 Å². The van der Waals surface area contributed by atoms with Crippen LogP contribution in [0, 0.1) is 11.8 Å². The number of amides is 1. The highest BCUT2D eigenvalue weighted by Gasteiger charge is 2.38. The van der Waals surface area contributed by atoms with Crippen LogP contribution in [-0.4, -0.2) is 46.6 Å². The van der Waals surface area contributed by atoms with Crippen LogP contribution in [0.15, 0.2) is 28.8 Å². The normalized spacial score (nSPS) is 23.2. The second kappa shape index (κ2) is 7.78. The summed E-state index contributed by atoms with van der Waals surface area (Å²) >= 11 is 0. The maximum absolute atomic E-state index is 12.6. The summed E-state index contributed by atoms with van der Waals surface area (Å²) in [5, 5.41) is 6.34. The van der Waals surface area contributed by atoms with Gasteiger partial charge in [0.15, 0.2) is 0 Å². The number of benzene rings is 1. The smallest absolute Gasteiger partial charge is 0.348 e. The molecule has 2 aromatic rings. The van der Waals surface area contributed by atoms with Gasteiger partial charge in [0.05, 0.1) is 0 Å². The zero-order valence-corrected chi connectivity index (χ0v) is 16.1. The number of fused-ring (bicyclic) bond motifs is 2. The number of nitrogens with one attached hydrogen (secondary N) is 1. The average Bonchev–Trinajstić information content (AvgIpc) is 3.28. The monoisotopic (exact) mass is 408 g/mol. The molecule has 2 heterocycles. The van der Waals surface area contributed by atoms with E-state index >= 15 is 0 Å².